The van der Waals surface area contributed by atoms with Crippen LogP contribution in [0.15, 0.2) is 0 Å². The Morgan fingerprint density at radius 3 is 2.52 bits per heavy atom. The van der Waals surface area contributed by atoms with E-state index in [1.807, 2.05) is 7.05 Å². The summed E-state index contributed by atoms with van der Waals surface area (Å²) in [6.45, 7) is 2.47. The van der Waals surface area contributed by atoms with Crippen LogP contribution in [0.1, 0.15) is 19.3 Å². The molecular weight excluding hydrogens is 278 g/mol. The van der Waals surface area contributed by atoms with Crippen molar-refractivity contribution in [2.24, 2.45) is 5.92 Å². The van der Waals surface area contributed by atoms with Crippen LogP contribution in [-0.2, 0) is 9.59 Å². The van der Waals surface area contributed by atoms with E-state index in [1.165, 1.54) is 4.90 Å². The molecule has 0 aromatic heterocycles. The van der Waals surface area contributed by atoms with Crippen molar-refractivity contribution in [3.05, 3.63) is 0 Å². The van der Waals surface area contributed by atoms with E-state index >= 15 is 0 Å². The van der Waals surface area contributed by atoms with Crippen LogP contribution in [0.5, 0.6) is 0 Å². The van der Waals surface area contributed by atoms with Crippen LogP contribution in [0.3, 0.4) is 0 Å². The van der Waals surface area contributed by atoms with Crippen LogP contribution in [-0.4, -0.2) is 77.8 Å². The van der Waals surface area contributed by atoms with Crippen molar-refractivity contribution in [3.63, 3.8) is 0 Å². The summed E-state index contributed by atoms with van der Waals surface area (Å²) < 4.78 is 0. The summed E-state index contributed by atoms with van der Waals surface area (Å²) in [7, 11) is 3.64. The second-order valence-electron chi connectivity index (χ2n) is 5.57. The Hall–Kier alpha value is -1.83. The lowest BCUT2D eigenvalue weighted by Crippen LogP contribution is -2.48. The van der Waals surface area contributed by atoms with Crippen LogP contribution in [0.2, 0.25) is 0 Å². The van der Waals surface area contributed by atoms with E-state index in [9.17, 15) is 14.4 Å². The second kappa shape index (κ2) is 7.82. The first-order chi connectivity index (χ1) is 9.79. The summed E-state index contributed by atoms with van der Waals surface area (Å²) in [4.78, 5) is 37.1. The second-order valence-corrected chi connectivity index (χ2v) is 5.57. The molecule has 8 heteroatoms. The number of amides is 2. The van der Waals surface area contributed by atoms with Gasteiger partial charge in [-0.25, -0.2) is 9.59 Å². The topological polar surface area (TPSA) is 110 Å². The van der Waals surface area contributed by atoms with Crippen LogP contribution >= 0.6 is 0 Å². The number of likely N-dealkylation sites (tertiary alicyclic amines) is 1. The molecule has 2 atom stereocenters. The summed E-state index contributed by atoms with van der Waals surface area (Å²) in [6.07, 6.45) is 0.584. The van der Waals surface area contributed by atoms with Gasteiger partial charge in [-0.05, 0) is 32.4 Å². The summed E-state index contributed by atoms with van der Waals surface area (Å²) in [6, 6.07) is -1.66. The number of carboxylic acid groups (broad SMARTS) is 2. The summed E-state index contributed by atoms with van der Waals surface area (Å²) in [5.41, 5.74) is 0. The summed E-state index contributed by atoms with van der Waals surface area (Å²) in [5.74, 6) is -1.93. The van der Waals surface area contributed by atoms with Crippen molar-refractivity contribution in [2.75, 3.05) is 33.7 Å². The fraction of sp³-hybridized carbons (Fsp3) is 0.769. The third kappa shape index (κ3) is 5.99. The Labute approximate surface area is 123 Å². The van der Waals surface area contributed by atoms with E-state index in [-0.39, 0.29) is 12.8 Å². The standard InChI is InChI=1S/C13H23N3O5/c1-15-6-5-9(7-15)8-16(2)13(21)14-10(12(19)20)3-4-11(17)18/h9-10H,3-8H2,1-2H3,(H,14,21)(H,17,18)(H,19,20). The van der Waals surface area contributed by atoms with Gasteiger partial charge in [0, 0.05) is 26.6 Å². The molecule has 2 amide bonds. The molecule has 0 aromatic rings. The maximum absolute atomic E-state index is 12.0. The molecule has 1 aliphatic heterocycles. The lowest BCUT2D eigenvalue weighted by atomic mass is 10.1. The van der Waals surface area contributed by atoms with Crippen molar-refractivity contribution < 1.29 is 24.6 Å². The van der Waals surface area contributed by atoms with E-state index in [0.29, 0.717) is 12.5 Å². The minimum absolute atomic E-state index is 0.129. The largest absolute Gasteiger partial charge is 0.481 e. The van der Waals surface area contributed by atoms with Crippen molar-refractivity contribution in [2.45, 2.75) is 25.3 Å². The third-order valence-corrected chi connectivity index (χ3v) is 3.61. The Kier molecular flexibility index (Phi) is 6.41. The predicted molar refractivity (Wildman–Crippen MR) is 75.1 cm³/mol. The fourth-order valence-electron chi connectivity index (χ4n) is 2.43. The molecule has 0 radical (unpaired) electrons. The van der Waals surface area contributed by atoms with E-state index in [4.69, 9.17) is 10.2 Å². The number of urea groups is 1. The van der Waals surface area contributed by atoms with Gasteiger partial charge >= 0.3 is 18.0 Å². The van der Waals surface area contributed by atoms with Gasteiger partial charge in [0.1, 0.15) is 6.04 Å². The summed E-state index contributed by atoms with van der Waals surface area (Å²) >= 11 is 0. The number of carbonyl (C=O) groups excluding carboxylic acids is 1. The number of nitrogens with one attached hydrogen (secondary N) is 1. The molecule has 1 saturated heterocycles. The van der Waals surface area contributed by atoms with E-state index < -0.39 is 24.0 Å². The van der Waals surface area contributed by atoms with E-state index in [1.54, 1.807) is 7.05 Å². The molecule has 0 aliphatic carbocycles. The Morgan fingerprint density at radius 1 is 1.38 bits per heavy atom. The molecule has 2 unspecified atom stereocenters. The molecule has 0 bridgehead atoms. The fourth-order valence-corrected chi connectivity index (χ4v) is 2.43. The van der Waals surface area contributed by atoms with Gasteiger partial charge in [0.2, 0.25) is 0 Å². The number of rotatable bonds is 7. The van der Waals surface area contributed by atoms with E-state index in [0.717, 1.165) is 19.5 Å². The van der Waals surface area contributed by atoms with Gasteiger partial charge in [0.25, 0.3) is 0 Å². The van der Waals surface area contributed by atoms with Crippen molar-refractivity contribution >= 4 is 18.0 Å². The SMILES string of the molecule is CN1CCC(CN(C)C(=O)NC(CCC(=O)O)C(=O)O)C1. The third-order valence-electron chi connectivity index (χ3n) is 3.61. The predicted octanol–water partition coefficient (Wildman–Crippen LogP) is -0.102. The van der Waals surface area contributed by atoms with Gasteiger partial charge in [-0.3, -0.25) is 4.79 Å². The maximum Gasteiger partial charge on any atom is 0.326 e. The molecular formula is C13H23N3O5. The van der Waals surface area contributed by atoms with Crippen molar-refractivity contribution in [1.29, 1.82) is 0 Å². The average molecular weight is 301 g/mol. The lowest BCUT2D eigenvalue weighted by molar-refractivity contribution is -0.140. The molecule has 1 rings (SSSR count). The highest BCUT2D eigenvalue weighted by Gasteiger charge is 2.25. The first-order valence-electron chi connectivity index (χ1n) is 6.94. The van der Waals surface area contributed by atoms with Gasteiger partial charge in [-0.2, -0.15) is 0 Å². The van der Waals surface area contributed by atoms with E-state index in [2.05, 4.69) is 10.2 Å². The number of hydrogen-bond donors (Lipinski definition) is 3. The number of nitrogens with zero attached hydrogens (tertiary/aromatic N) is 2. The van der Waals surface area contributed by atoms with Gasteiger partial charge in [-0.1, -0.05) is 0 Å². The Bertz CT molecular complexity index is 401. The zero-order valence-corrected chi connectivity index (χ0v) is 12.4. The number of aliphatic carboxylic acids is 2. The molecule has 0 spiro atoms. The molecule has 0 saturated carbocycles. The van der Waals surface area contributed by atoms with Gasteiger partial charge in [0.15, 0.2) is 0 Å². The molecule has 0 aromatic carbocycles. The average Bonchev–Trinajstić information content (AvgIpc) is 2.78. The van der Waals surface area contributed by atoms with Gasteiger partial charge < -0.3 is 25.3 Å². The van der Waals surface area contributed by atoms with Crippen LogP contribution in [0.25, 0.3) is 0 Å². The number of carbonyl (C=O) groups is 3. The monoisotopic (exact) mass is 301 g/mol. The van der Waals surface area contributed by atoms with Crippen molar-refractivity contribution in [1.82, 2.24) is 15.1 Å². The first kappa shape index (κ1) is 17.2. The maximum atomic E-state index is 12.0. The number of hydrogen-bond acceptors (Lipinski definition) is 4. The molecule has 1 heterocycles. The molecule has 120 valence electrons. The van der Waals surface area contributed by atoms with Crippen LogP contribution in [0, 0.1) is 5.92 Å². The zero-order chi connectivity index (χ0) is 16.0. The van der Waals surface area contributed by atoms with Crippen molar-refractivity contribution in [3.8, 4) is 0 Å². The van der Waals surface area contributed by atoms with Crippen LogP contribution in [0.4, 0.5) is 4.79 Å². The molecule has 8 nitrogen and oxygen atoms in total. The molecule has 3 N–H and O–H groups in total. The Balaban J connectivity index is 2.44. The lowest BCUT2D eigenvalue weighted by Gasteiger charge is -2.23. The van der Waals surface area contributed by atoms with Crippen LogP contribution < -0.4 is 5.32 Å². The normalized spacial score (nSPS) is 20.0. The number of carboxylic acids is 2. The quantitative estimate of drug-likeness (QED) is 0.605. The zero-order valence-electron chi connectivity index (χ0n) is 12.4. The highest BCUT2D eigenvalue weighted by Crippen LogP contribution is 2.15. The molecule has 1 aliphatic rings. The first-order valence-corrected chi connectivity index (χ1v) is 6.94. The van der Waals surface area contributed by atoms with Gasteiger partial charge in [-0.15, -0.1) is 0 Å². The molecule has 1 fully saturated rings. The highest BCUT2D eigenvalue weighted by atomic mass is 16.4. The minimum atomic E-state index is -1.22. The smallest absolute Gasteiger partial charge is 0.326 e. The Morgan fingerprint density at radius 2 is 2.05 bits per heavy atom. The van der Waals surface area contributed by atoms with Gasteiger partial charge in [0.05, 0.1) is 0 Å². The summed E-state index contributed by atoms with van der Waals surface area (Å²) in [5, 5.41) is 20.0. The minimum Gasteiger partial charge on any atom is -0.481 e. The molecule has 21 heavy (non-hydrogen) atoms. The highest BCUT2D eigenvalue weighted by molar-refractivity contribution is 5.82.